The molecule has 5 heteroatoms. The van der Waals surface area contributed by atoms with Gasteiger partial charge in [0.25, 0.3) is 10.0 Å². The van der Waals surface area contributed by atoms with Crippen LogP contribution in [0.4, 0.5) is 5.69 Å². The molecule has 70 valence electrons. The molecule has 0 radical (unpaired) electrons. The maximum atomic E-state index is 11.6. The molecule has 0 fully saturated rings. The second-order valence-electron chi connectivity index (χ2n) is 3.07. The number of hydrogen-bond acceptors (Lipinski definition) is 2. The fourth-order valence-electron chi connectivity index (χ4n) is 1.35. The molecular weight excluding hydrogens is 301 g/mol. The fourth-order valence-corrected chi connectivity index (χ4v) is 3.27. The molecule has 1 aromatic rings. The number of para-hydroxylation sites is 1. The van der Waals surface area contributed by atoms with E-state index in [0.717, 1.165) is 5.56 Å². The van der Waals surface area contributed by atoms with Crippen molar-refractivity contribution in [1.29, 1.82) is 0 Å². The van der Waals surface area contributed by atoms with Gasteiger partial charge in [-0.05, 0) is 13.0 Å². The quantitative estimate of drug-likeness (QED) is 0.589. The maximum absolute atomic E-state index is 11.6. The van der Waals surface area contributed by atoms with E-state index in [1.54, 1.807) is 13.0 Å². The third-order valence-corrected chi connectivity index (χ3v) is 6.20. The van der Waals surface area contributed by atoms with Gasteiger partial charge in [-0.2, -0.15) is 0 Å². The van der Waals surface area contributed by atoms with E-state index in [1.165, 1.54) is 0 Å². The van der Waals surface area contributed by atoms with Gasteiger partial charge in [0.2, 0.25) is 0 Å². The van der Waals surface area contributed by atoms with Gasteiger partial charge in [0.1, 0.15) is 0 Å². The summed E-state index contributed by atoms with van der Waals surface area (Å²) < 4.78 is 24.9. The number of fused-ring (bicyclic) bond motifs is 1. The number of nitrogens with one attached hydrogen (secondary N) is 1. The zero-order valence-electron chi connectivity index (χ0n) is 6.91. The van der Waals surface area contributed by atoms with E-state index in [1.807, 2.05) is 40.8 Å². The van der Waals surface area contributed by atoms with Crippen LogP contribution in [0.1, 0.15) is 12.5 Å². The second kappa shape index (κ2) is 2.60. The maximum Gasteiger partial charge on any atom is 0.251 e. The topological polar surface area (TPSA) is 46.2 Å². The second-order valence-corrected chi connectivity index (χ2v) is 7.98. The summed E-state index contributed by atoms with van der Waals surface area (Å²) in [6.45, 7) is 1.70. The van der Waals surface area contributed by atoms with Gasteiger partial charge in [0.05, 0.1) is 5.69 Å². The van der Waals surface area contributed by atoms with Gasteiger partial charge in [-0.15, -0.1) is 0 Å². The molecule has 0 spiro atoms. The molecule has 1 atom stereocenters. The number of rotatable bonds is 0. The minimum atomic E-state index is -3.25. The molecular formula is C8H8INO2S. The van der Waals surface area contributed by atoms with Crippen molar-refractivity contribution in [3.05, 3.63) is 29.8 Å². The number of alkyl halides is 1. The normalized spacial score (nSPS) is 29.4. The van der Waals surface area contributed by atoms with E-state index >= 15 is 0 Å². The molecule has 0 bridgehead atoms. The van der Waals surface area contributed by atoms with Gasteiger partial charge in [-0.25, -0.2) is 8.42 Å². The highest BCUT2D eigenvalue weighted by molar-refractivity contribution is 14.1. The molecule has 1 heterocycles. The molecule has 0 saturated carbocycles. The summed E-state index contributed by atoms with van der Waals surface area (Å²) in [7, 11) is -3.25. The van der Waals surface area contributed by atoms with Crippen LogP contribution in [0.15, 0.2) is 24.3 Å². The third-order valence-electron chi connectivity index (χ3n) is 2.16. The summed E-state index contributed by atoms with van der Waals surface area (Å²) in [5, 5.41) is 0. The molecule has 0 saturated heterocycles. The highest BCUT2D eigenvalue weighted by Gasteiger charge is 2.45. The van der Waals surface area contributed by atoms with Crippen molar-refractivity contribution in [1.82, 2.24) is 0 Å². The summed E-state index contributed by atoms with van der Waals surface area (Å²) in [4.78, 5) is 0. The van der Waals surface area contributed by atoms with Crippen LogP contribution in [0.2, 0.25) is 0 Å². The van der Waals surface area contributed by atoms with Crippen LogP contribution in [-0.4, -0.2) is 8.42 Å². The lowest BCUT2D eigenvalue weighted by Crippen LogP contribution is -2.23. The van der Waals surface area contributed by atoms with Gasteiger partial charge >= 0.3 is 0 Å². The van der Waals surface area contributed by atoms with Crippen molar-refractivity contribution in [3.8, 4) is 0 Å². The van der Waals surface area contributed by atoms with Crippen LogP contribution in [0.25, 0.3) is 0 Å². The van der Waals surface area contributed by atoms with Crippen LogP contribution < -0.4 is 4.72 Å². The molecule has 0 aromatic heterocycles. The number of sulfonamides is 1. The molecule has 1 aliphatic rings. The first-order valence-corrected chi connectivity index (χ1v) is 6.32. The average molecular weight is 309 g/mol. The highest BCUT2D eigenvalue weighted by atomic mass is 127. The first kappa shape index (κ1) is 9.26. The zero-order chi connectivity index (χ0) is 9.69. The molecule has 2 rings (SSSR count). The Hall–Kier alpha value is -0.300. The van der Waals surface area contributed by atoms with Gasteiger partial charge < -0.3 is 0 Å². The van der Waals surface area contributed by atoms with E-state index in [2.05, 4.69) is 4.72 Å². The van der Waals surface area contributed by atoms with Crippen LogP contribution in [-0.2, 0) is 12.8 Å². The number of anilines is 1. The lowest BCUT2D eigenvalue weighted by Gasteiger charge is -2.13. The van der Waals surface area contributed by atoms with E-state index in [-0.39, 0.29) is 0 Å². The smallest absolute Gasteiger partial charge is 0.251 e. The summed E-state index contributed by atoms with van der Waals surface area (Å²) >= 11 is 1.95. The Bertz CT molecular complexity index is 453. The van der Waals surface area contributed by atoms with Crippen LogP contribution >= 0.6 is 22.6 Å². The van der Waals surface area contributed by atoms with Gasteiger partial charge in [0.15, 0.2) is 2.75 Å². The van der Waals surface area contributed by atoms with Crippen LogP contribution in [0.5, 0.6) is 0 Å². The zero-order valence-corrected chi connectivity index (χ0v) is 9.89. The monoisotopic (exact) mass is 309 g/mol. The number of halogens is 1. The van der Waals surface area contributed by atoms with Crippen molar-refractivity contribution < 1.29 is 8.42 Å². The molecule has 1 aliphatic heterocycles. The van der Waals surface area contributed by atoms with Crippen LogP contribution in [0.3, 0.4) is 0 Å². The molecule has 0 amide bonds. The largest absolute Gasteiger partial charge is 0.282 e. The third kappa shape index (κ3) is 1.17. The Morgan fingerprint density at radius 3 is 2.62 bits per heavy atom. The Morgan fingerprint density at radius 2 is 2.00 bits per heavy atom. The Morgan fingerprint density at radius 1 is 1.38 bits per heavy atom. The lowest BCUT2D eigenvalue weighted by molar-refractivity contribution is 0.592. The van der Waals surface area contributed by atoms with Crippen molar-refractivity contribution in [2.45, 2.75) is 9.68 Å². The predicted molar refractivity (Wildman–Crippen MR) is 60.4 cm³/mol. The highest BCUT2D eigenvalue weighted by Crippen LogP contribution is 2.46. The van der Waals surface area contributed by atoms with E-state index in [0.29, 0.717) is 5.69 Å². The minimum Gasteiger partial charge on any atom is -0.282 e. The van der Waals surface area contributed by atoms with Crippen molar-refractivity contribution >= 4 is 38.3 Å². The average Bonchev–Trinajstić information content (AvgIpc) is 2.20. The molecule has 1 unspecified atom stereocenters. The predicted octanol–water partition coefficient (Wildman–Crippen LogP) is 2.05. The Labute approximate surface area is 90.7 Å². The van der Waals surface area contributed by atoms with E-state index in [9.17, 15) is 8.42 Å². The Kier molecular flexibility index (Phi) is 1.85. The summed E-state index contributed by atoms with van der Waals surface area (Å²) in [5.41, 5.74) is 1.52. The fraction of sp³-hybridized carbons (Fsp3) is 0.250. The Balaban J connectivity index is 2.74. The minimum absolute atomic E-state index is 0.694. The number of benzene rings is 1. The first-order valence-electron chi connectivity index (χ1n) is 3.76. The standard InChI is InChI=1S/C8H8INO2S/c1-8(9)6-4-2-3-5-7(6)10-13(8,11)12/h2-5,10H,1H3. The summed E-state index contributed by atoms with van der Waals surface area (Å²) in [5.74, 6) is 0. The van der Waals surface area contributed by atoms with E-state index < -0.39 is 12.8 Å². The molecule has 13 heavy (non-hydrogen) atoms. The first-order chi connectivity index (χ1) is 5.95. The number of hydrogen-bond donors (Lipinski definition) is 1. The summed E-state index contributed by atoms with van der Waals surface area (Å²) in [6.07, 6.45) is 0. The van der Waals surface area contributed by atoms with Gasteiger partial charge in [-0.1, -0.05) is 40.8 Å². The van der Waals surface area contributed by atoms with Crippen molar-refractivity contribution in [3.63, 3.8) is 0 Å². The molecule has 1 N–H and O–H groups in total. The van der Waals surface area contributed by atoms with Crippen LogP contribution in [0, 0.1) is 0 Å². The SMILES string of the molecule is CC1(I)c2ccccc2NS1(=O)=O. The van der Waals surface area contributed by atoms with Crippen molar-refractivity contribution in [2.75, 3.05) is 4.72 Å². The van der Waals surface area contributed by atoms with Crippen molar-refractivity contribution in [2.24, 2.45) is 0 Å². The van der Waals surface area contributed by atoms with Gasteiger partial charge in [-0.3, -0.25) is 4.72 Å². The lowest BCUT2D eigenvalue weighted by atomic mass is 10.1. The molecule has 3 nitrogen and oxygen atoms in total. The summed E-state index contributed by atoms with van der Waals surface area (Å²) in [6, 6.07) is 7.27. The van der Waals surface area contributed by atoms with Gasteiger partial charge in [0, 0.05) is 5.56 Å². The van der Waals surface area contributed by atoms with E-state index in [4.69, 9.17) is 0 Å². The molecule has 1 aromatic carbocycles. The molecule has 0 aliphatic carbocycles.